The minimum atomic E-state index is -0.324. The molecule has 0 saturated heterocycles. The molecule has 1 aromatic carbocycles. The van der Waals surface area contributed by atoms with Crippen molar-refractivity contribution in [1.29, 1.82) is 15.8 Å². The van der Waals surface area contributed by atoms with Gasteiger partial charge in [-0.25, -0.2) is 0 Å². The molecule has 0 radical (unpaired) electrons. The van der Waals surface area contributed by atoms with Crippen molar-refractivity contribution in [3.8, 4) is 24.0 Å². The Balaban J connectivity index is 3.26. The Bertz CT molecular complexity index is 623. The number of rotatable bonds is 2. The van der Waals surface area contributed by atoms with E-state index in [4.69, 9.17) is 15.8 Å². The summed E-state index contributed by atoms with van der Waals surface area (Å²) < 4.78 is 0. The number of anilines is 1. The minimum absolute atomic E-state index is 0.0407. The van der Waals surface area contributed by atoms with E-state index < -0.39 is 0 Å². The van der Waals surface area contributed by atoms with Gasteiger partial charge in [-0.3, -0.25) is 0 Å². The molecule has 5 nitrogen and oxygen atoms in total. The molecule has 0 unspecified atom stereocenters. The van der Waals surface area contributed by atoms with Gasteiger partial charge in [0.25, 0.3) is 0 Å². The van der Waals surface area contributed by atoms with Gasteiger partial charge in [-0.2, -0.15) is 15.8 Å². The first-order valence-corrected chi connectivity index (χ1v) is 5.05. The molecule has 0 amide bonds. The summed E-state index contributed by atoms with van der Waals surface area (Å²) in [6.07, 6.45) is 0. The van der Waals surface area contributed by atoms with Crippen LogP contribution in [0.5, 0.6) is 5.75 Å². The summed E-state index contributed by atoms with van der Waals surface area (Å²) in [5, 5.41) is 38.6. The summed E-state index contributed by atoms with van der Waals surface area (Å²) in [4.78, 5) is 0. The quantitative estimate of drug-likeness (QED) is 0.607. The van der Waals surface area contributed by atoms with E-state index in [9.17, 15) is 5.11 Å². The van der Waals surface area contributed by atoms with E-state index in [0.717, 1.165) is 11.1 Å². The monoisotopic (exact) mass is 238 g/mol. The molecule has 2 N–H and O–H groups in total. The predicted molar refractivity (Wildman–Crippen MR) is 65.1 cm³/mol. The SMILES string of the molecule is Cc1cc(O)c(NC(C#N)=C(C#N)C#N)cc1C. The lowest BCUT2D eigenvalue weighted by molar-refractivity contribution is 0.477. The average molecular weight is 238 g/mol. The lowest BCUT2D eigenvalue weighted by atomic mass is 10.1. The molecule has 18 heavy (non-hydrogen) atoms. The number of nitrogens with one attached hydrogen (secondary N) is 1. The van der Waals surface area contributed by atoms with Gasteiger partial charge in [0.2, 0.25) is 0 Å². The normalized spacial score (nSPS) is 8.61. The predicted octanol–water partition coefficient (Wildman–Crippen LogP) is 2.25. The Morgan fingerprint density at radius 1 is 1.06 bits per heavy atom. The molecule has 0 aliphatic carbocycles. The van der Waals surface area contributed by atoms with Crippen LogP contribution in [0.1, 0.15) is 11.1 Å². The number of phenolic OH excluding ortho intramolecular Hbond substituents is 1. The molecule has 1 rings (SSSR count). The number of nitriles is 3. The van der Waals surface area contributed by atoms with Crippen LogP contribution in [0.3, 0.4) is 0 Å². The van der Waals surface area contributed by atoms with Gasteiger partial charge in [0.05, 0.1) is 5.69 Å². The second-order valence-electron chi connectivity index (χ2n) is 3.66. The Hall–Kier alpha value is -2.97. The highest BCUT2D eigenvalue weighted by Gasteiger charge is 2.10. The summed E-state index contributed by atoms with van der Waals surface area (Å²) in [5.74, 6) is -0.0407. The molecule has 0 atom stereocenters. The number of aryl methyl sites for hydroxylation is 2. The van der Waals surface area contributed by atoms with Gasteiger partial charge in [0.1, 0.15) is 29.7 Å². The lowest BCUT2D eigenvalue weighted by Crippen LogP contribution is -2.01. The van der Waals surface area contributed by atoms with Crippen LogP contribution in [-0.2, 0) is 0 Å². The molecular weight excluding hydrogens is 228 g/mol. The maximum atomic E-state index is 9.73. The summed E-state index contributed by atoms with van der Waals surface area (Å²) in [5.41, 5.74) is 1.61. The van der Waals surface area contributed by atoms with Crippen LogP contribution >= 0.6 is 0 Å². The van der Waals surface area contributed by atoms with Crippen molar-refractivity contribution >= 4 is 5.69 Å². The van der Waals surface area contributed by atoms with Crippen LogP contribution in [0.15, 0.2) is 23.4 Å². The first-order chi connectivity index (χ1) is 8.53. The van der Waals surface area contributed by atoms with E-state index >= 15 is 0 Å². The number of nitrogens with zero attached hydrogens (tertiary/aromatic N) is 3. The van der Waals surface area contributed by atoms with Crippen molar-refractivity contribution in [3.05, 3.63) is 34.5 Å². The van der Waals surface area contributed by atoms with Crippen LogP contribution in [0.2, 0.25) is 0 Å². The third-order valence-electron chi connectivity index (χ3n) is 2.46. The van der Waals surface area contributed by atoms with Crippen molar-refractivity contribution in [2.24, 2.45) is 0 Å². The van der Waals surface area contributed by atoms with Crippen molar-refractivity contribution in [2.75, 3.05) is 5.32 Å². The standard InChI is InChI=1S/C13H10N4O/c1-8-3-11(13(18)4-9(8)2)17-12(7-16)10(5-14)6-15/h3-4,17-18H,1-2H3. The van der Waals surface area contributed by atoms with Crippen LogP contribution in [-0.4, -0.2) is 5.11 Å². The van der Waals surface area contributed by atoms with Crippen molar-refractivity contribution in [3.63, 3.8) is 0 Å². The van der Waals surface area contributed by atoms with Gasteiger partial charge in [0, 0.05) is 0 Å². The van der Waals surface area contributed by atoms with Gasteiger partial charge >= 0.3 is 0 Å². The van der Waals surface area contributed by atoms with E-state index in [-0.39, 0.29) is 22.7 Å². The van der Waals surface area contributed by atoms with Crippen LogP contribution in [0.4, 0.5) is 5.69 Å². The molecule has 88 valence electrons. The van der Waals surface area contributed by atoms with Gasteiger partial charge in [0.15, 0.2) is 5.57 Å². The van der Waals surface area contributed by atoms with Gasteiger partial charge < -0.3 is 10.4 Å². The number of hydrogen-bond donors (Lipinski definition) is 2. The third-order valence-corrected chi connectivity index (χ3v) is 2.46. The second-order valence-corrected chi connectivity index (χ2v) is 3.66. The fourth-order valence-corrected chi connectivity index (χ4v) is 1.32. The van der Waals surface area contributed by atoms with E-state index in [2.05, 4.69) is 5.32 Å². The number of allylic oxidation sites excluding steroid dienone is 2. The van der Waals surface area contributed by atoms with Gasteiger partial charge in [-0.1, -0.05) is 0 Å². The number of phenols is 1. The Morgan fingerprint density at radius 2 is 1.61 bits per heavy atom. The number of hydrogen-bond acceptors (Lipinski definition) is 5. The summed E-state index contributed by atoms with van der Waals surface area (Å²) in [6, 6.07) is 8.16. The Labute approximate surface area is 105 Å². The zero-order chi connectivity index (χ0) is 13.7. The molecule has 0 spiro atoms. The molecular formula is C13H10N4O. The van der Waals surface area contributed by atoms with Gasteiger partial charge in [-0.15, -0.1) is 0 Å². The maximum absolute atomic E-state index is 9.73. The molecule has 0 aliphatic rings. The average Bonchev–Trinajstić information content (AvgIpc) is 2.35. The summed E-state index contributed by atoms with van der Waals surface area (Å²) in [6.45, 7) is 3.70. The third kappa shape index (κ3) is 2.58. The number of benzene rings is 1. The molecule has 0 bridgehead atoms. The molecule has 0 saturated carbocycles. The van der Waals surface area contributed by atoms with E-state index in [0.29, 0.717) is 0 Å². The smallest absolute Gasteiger partial charge is 0.163 e. The fourth-order valence-electron chi connectivity index (χ4n) is 1.32. The Morgan fingerprint density at radius 3 is 2.11 bits per heavy atom. The van der Waals surface area contributed by atoms with Crippen LogP contribution in [0, 0.1) is 47.8 Å². The molecule has 0 aliphatic heterocycles. The summed E-state index contributed by atoms with van der Waals surface area (Å²) in [7, 11) is 0. The molecule has 5 heteroatoms. The highest BCUT2D eigenvalue weighted by atomic mass is 16.3. The zero-order valence-electron chi connectivity index (χ0n) is 9.94. The molecule has 0 aromatic heterocycles. The van der Waals surface area contributed by atoms with Crippen molar-refractivity contribution < 1.29 is 5.11 Å². The maximum Gasteiger partial charge on any atom is 0.163 e. The fraction of sp³-hybridized carbons (Fsp3) is 0.154. The van der Waals surface area contributed by atoms with Crippen molar-refractivity contribution in [1.82, 2.24) is 0 Å². The van der Waals surface area contributed by atoms with E-state index in [1.165, 1.54) is 0 Å². The zero-order valence-corrected chi connectivity index (χ0v) is 9.94. The van der Waals surface area contributed by atoms with Crippen LogP contribution < -0.4 is 5.32 Å². The lowest BCUT2D eigenvalue weighted by Gasteiger charge is -2.10. The highest BCUT2D eigenvalue weighted by Crippen LogP contribution is 2.28. The van der Waals surface area contributed by atoms with Crippen molar-refractivity contribution in [2.45, 2.75) is 13.8 Å². The number of aromatic hydroxyl groups is 1. The molecule has 1 aromatic rings. The molecule has 0 heterocycles. The van der Waals surface area contributed by atoms with E-state index in [1.54, 1.807) is 30.3 Å². The summed E-state index contributed by atoms with van der Waals surface area (Å²) >= 11 is 0. The van der Waals surface area contributed by atoms with E-state index in [1.807, 2.05) is 13.8 Å². The van der Waals surface area contributed by atoms with Crippen LogP contribution in [0.25, 0.3) is 0 Å². The first kappa shape index (κ1) is 13.1. The topological polar surface area (TPSA) is 104 Å². The largest absolute Gasteiger partial charge is 0.506 e. The minimum Gasteiger partial charge on any atom is -0.506 e. The van der Waals surface area contributed by atoms with Gasteiger partial charge in [-0.05, 0) is 37.1 Å². The first-order valence-electron chi connectivity index (χ1n) is 5.05. The Kier molecular flexibility index (Phi) is 3.92. The highest BCUT2D eigenvalue weighted by molar-refractivity contribution is 5.65. The molecule has 0 fully saturated rings. The second kappa shape index (κ2) is 5.39.